The van der Waals surface area contributed by atoms with E-state index in [0.29, 0.717) is 23.5 Å². The molecule has 4 aromatic heterocycles. The SMILES string of the molecule is CCI.Cc1c(C(=O)CC2CCCCC2)c2ncccc2n1-c1ccc(C#N)cc1.Cc1cc2ncccc2n1-c1ccc(C#N)cc1. The van der Waals surface area contributed by atoms with E-state index >= 15 is 0 Å². The zero-order valence-corrected chi connectivity index (χ0v) is 29.8. The van der Waals surface area contributed by atoms with E-state index in [-0.39, 0.29) is 5.78 Å². The maximum absolute atomic E-state index is 13.2. The lowest BCUT2D eigenvalue weighted by atomic mass is 9.84. The van der Waals surface area contributed by atoms with Gasteiger partial charge in [-0.2, -0.15) is 10.5 Å². The molecule has 48 heavy (non-hydrogen) atoms. The summed E-state index contributed by atoms with van der Waals surface area (Å²) in [6, 6.07) is 29.3. The number of pyridine rings is 2. The Kier molecular flexibility index (Phi) is 11.8. The second kappa shape index (κ2) is 16.3. The van der Waals surface area contributed by atoms with Gasteiger partial charge in [0.05, 0.1) is 50.9 Å². The van der Waals surface area contributed by atoms with Crippen LogP contribution in [0.1, 0.15) is 78.3 Å². The molecule has 7 nitrogen and oxygen atoms in total. The van der Waals surface area contributed by atoms with Crippen molar-refractivity contribution in [2.24, 2.45) is 5.92 Å². The van der Waals surface area contributed by atoms with Gasteiger partial charge in [-0.25, -0.2) is 0 Å². The fourth-order valence-electron chi connectivity index (χ4n) is 6.53. The molecule has 0 saturated heterocycles. The number of carbonyl (C=O) groups excluding carboxylic acids is 1. The molecule has 0 atom stereocenters. The van der Waals surface area contributed by atoms with Gasteiger partial charge in [-0.1, -0.05) is 61.6 Å². The van der Waals surface area contributed by atoms with Crippen LogP contribution in [-0.2, 0) is 0 Å². The number of rotatable bonds is 5. The van der Waals surface area contributed by atoms with Crippen LogP contribution in [0.2, 0.25) is 0 Å². The summed E-state index contributed by atoms with van der Waals surface area (Å²) < 4.78 is 5.44. The van der Waals surface area contributed by atoms with E-state index in [0.717, 1.165) is 63.2 Å². The highest BCUT2D eigenvalue weighted by atomic mass is 127. The first kappa shape index (κ1) is 34.5. The summed E-state index contributed by atoms with van der Waals surface area (Å²) >= 11 is 2.29. The molecule has 0 amide bonds. The van der Waals surface area contributed by atoms with E-state index in [4.69, 9.17) is 10.5 Å². The van der Waals surface area contributed by atoms with Crippen molar-refractivity contribution in [3.63, 3.8) is 0 Å². The van der Waals surface area contributed by atoms with Gasteiger partial charge >= 0.3 is 0 Å². The number of aromatic nitrogens is 4. The van der Waals surface area contributed by atoms with Gasteiger partial charge in [-0.15, -0.1) is 0 Å². The van der Waals surface area contributed by atoms with Gasteiger partial charge in [0.15, 0.2) is 5.78 Å². The standard InChI is InChI=1S/C23H23N3O.C15H11N3.C2H5I/c1-16-22(21(27)14-17-6-3-2-4-7-17)23-20(8-5-13-25-23)26(16)19-11-9-18(15-24)10-12-19;1-11-9-14-15(3-2-8-17-14)18(11)13-6-4-12(10-16)5-7-13;1-2-3/h5,8-13,17H,2-4,6-7,14H2,1H3;2-9H,1H3;2H2,1H3. The number of halogens is 1. The number of fused-ring (bicyclic) bond motifs is 2. The lowest BCUT2D eigenvalue weighted by Crippen LogP contribution is -2.13. The Balaban J connectivity index is 0.000000185. The second-order valence-corrected chi connectivity index (χ2v) is 13.4. The van der Waals surface area contributed by atoms with Crippen molar-refractivity contribution in [2.75, 3.05) is 4.43 Å². The van der Waals surface area contributed by atoms with Crippen molar-refractivity contribution in [1.29, 1.82) is 10.5 Å². The highest BCUT2D eigenvalue weighted by molar-refractivity contribution is 14.1. The molecule has 7 rings (SSSR count). The topological polar surface area (TPSA) is 100 Å². The van der Waals surface area contributed by atoms with Crippen LogP contribution in [0.3, 0.4) is 0 Å². The Hall–Kier alpha value is -4.80. The highest BCUT2D eigenvalue weighted by Crippen LogP contribution is 2.32. The van der Waals surface area contributed by atoms with Crippen LogP contribution in [0.15, 0.2) is 91.3 Å². The molecule has 0 spiro atoms. The third kappa shape index (κ3) is 7.67. The molecule has 0 bridgehead atoms. The lowest BCUT2D eigenvalue weighted by Gasteiger charge is -2.20. The van der Waals surface area contributed by atoms with Crippen molar-refractivity contribution in [3.05, 3.63) is 119 Å². The second-order valence-electron chi connectivity index (χ2n) is 11.9. The van der Waals surface area contributed by atoms with Crippen molar-refractivity contribution >= 4 is 50.4 Å². The summed E-state index contributed by atoms with van der Waals surface area (Å²) in [5, 5.41) is 17.9. The minimum Gasteiger partial charge on any atom is -0.312 e. The number of hydrogen-bond acceptors (Lipinski definition) is 5. The Bertz CT molecular complexity index is 2090. The largest absolute Gasteiger partial charge is 0.312 e. The molecular weight excluding hydrogens is 707 g/mol. The summed E-state index contributed by atoms with van der Waals surface area (Å²) in [6.07, 6.45) is 10.3. The number of carbonyl (C=O) groups is 1. The van der Waals surface area contributed by atoms with Gasteiger partial charge in [-0.3, -0.25) is 14.8 Å². The zero-order chi connectivity index (χ0) is 34.0. The first-order valence-corrected chi connectivity index (χ1v) is 17.9. The Labute approximate surface area is 296 Å². The molecule has 0 N–H and O–H groups in total. The van der Waals surface area contributed by atoms with Crippen molar-refractivity contribution < 1.29 is 4.79 Å². The molecule has 1 aliphatic carbocycles. The number of hydrogen-bond donors (Lipinski definition) is 0. The number of nitriles is 2. The third-order valence-corrected chi connectivity index (χ3v) is 8.70. The molecule has 4 heterocycles. The molecule has 6 aromatic rings. The van der Waals surface area contributed by atoms with Crippen LogP contribution in [0, 0.1) is 42.4 Å². The van der Waals surface area contributed by atoms with Gasteiger partial charge in [-0.05, 0) is 103 Å². The first-order chi connectivity index (χ1) is 23.4. The first-order valence-electron chi connectivity index (χ1n) is 16.4. The third-order valence-electron chi connectivity index (χ3n) is 8.70. The Morgan fingerprint density at radius 2 is 1.35 bits per heavy atom. The van der Waals surface area contributed by atoms with E-state index in [9.17, 15) is 4.79 Å². The van der Waals surface area contributed by atoms with E-state index in [1.165, 1.54) is 23.7 Å². The van der Waals surface area contributed by atoms with E-state index in [2.05, 4.69) is 73.7 Å². The van der Waals surface area contributed by atoms with Crippen molar-refractivity contribution in [2.45, 2.75) is 59.3 Å². The summed E-state index contributed by atoms with van der Waals surface area (Å²) in [4.78, 5) is 22.1. The molecule has 1 saturated carbocycles. The van der Waals surface area contributed by atoms with Crippen molar-refractivity contribution in [1.82, 2.24) is 19.1 Å². The molecule has 2 aromatic carbocycles. The molecule has 1 aliphatic rings. The highest BCUT2D eigenvalue weighted by Gasteiger charge is 2.25. The number of benzene rings is 2. The molecule has 0 unspecified atom stereocenters. The molecule has 1 fully saturated rings. The maximum atomic E-state index is 13.2. The molecule has 0 aliphatic heterocycles. The fourth-order valence-corrected chi connectivity index (χ4v) is 6.53. The van der Waals surface area contributed by atoms with Crippen LogP contribution in [0.5, 0.6) is 0 Å². The molecule has 8 heteroatoms. The van der Waals surface area contributed by atoms with Crippen LogP contribution in [0.25, 0.3) is 33.4 Å². The minimum absolute atomic E-state index is 0.204. The monoisotopic (exact) mass is 746 g/mol. The fraction of sp³-hybridized carbons (Fsp3) is 0.275. The van der Waals surface area contributed by atoms with E-state index in [1.54, 1.807) is 24.5 Å². The number of Topliss-reactive ketones (excluding diaryl/α,β-unsaturated/α-hetero) is 1. The maximum Gasteiger partial charge on any atom is 0.167 e. The predicted octanol–water partition coefficient (Wildman–Crippen LogP) is 10.0. The van der Waals surface area contributed by atoms with E-state index in [1.807, 2.05) is 67.6 Å². The normalized spacial score (nSPS) is 12.7. The number of alkyl halides is 1. The van der Waals surface area contributed by atoms with Crippen LogP contribution in [0.4, 0.5) is 0 Å². The Morgan fingerprint density at radius 1 is 0.812 bits per heavy atom. The smallest absolute Gasteiger partial charge is 0.167 e. The van der Waals surface area contributed by atoms with Gasteiger partial charge in [0.2, 0.25) is 0 Å². The minimum atomic E-state index is 0.204. The average molecular weight is 747 g/mol. The van der Waals surface area contributed by atoms with E-state index < -0.39 is 0 Å². The number of ketones is 1. The van der Waals surface area contributed by atoms with Gasteiger partial charge < -0.3 is 9.13 Å². The predicted molar refractivity (Wildman–Crippen MR) is 201 cm³/mol. The van der Waals surface area contributed by atoms with Crippen LogP contribution >= 0.6 is 22.6 Å². The number of nitrogens with zero attached hydrogens (tertiary/aromatic N) is 6. The number of aryl methyl sites for hydroxylation is 1. The molecule has 0 radical (unpaired) electrons. The Morgan fingerprint density at radius 3 is 1.94 bits per heavy atom. The van der Waals surface area contributed by atoms with Crippen LogP contribution in [-0.4, -0.2) is 29.3 Å². The van der Waals surface area contributed by atoms with Crippen LogP contribution < -0.4 is 0 Å². The summed E-state index contributed by atoms with van der Waals surface area (Å²) in [5.74, 6) is 0.707. The summed E-state index contributed by atoms with van der Waals surface area (Å²) in [7, 11) is 0. The van der Waals surface area contributed by atoms with Gasteiger partial charge in [0, 0.05) is 41.6 Å². The van der Waals surface area contributed by atoms with Gasteiger partial charge in [0.1, 0.15) is 0 Å². The summed E-state index contributed by atoms with van der Waals surface area (Å²) in [5.41, 5.74) is 9.88. The lowest BCUT2D eigenvalue weighted by molar-refractivity contribution is 0.0951. The molecular formula is C40H39IN6O. The summed E-state index contributed by atoms with van der Waals surface area (Å²) in [6.45, 7) is 6.16. The zero-order valence-electron chi connectivity index (χ0n) is 27.7. The quantitative estimate of drug-likeness (QED) is 0.0994. The van der Waals surface area contributed by atoms with Crippen molar-refractivity contribution in [3.8, 4) is 23.5 Å². The molecule has 242 valence electrons. The average Bonchev–Trinajstić information content (AvgIpc) is 3.62. The van der Waals surface area contributed by atoms with Gasteiger partial charge in [0.25, 0.3) is 0 Å².